The van der Waals surface area contributed by atoms with Gasteiger partial charge in [0.05, 0.1) is 11.4 Å². The van der Waals surface area contributed by atoms with Crippen molar-refractivity contribution in [3.63, 3.8) is 0 Å². The molecular formula is C16H24ClN3O3S. The summed E-state index contributed by atoms with van der Waals surface area (Å²) in [6.07, 6.45) is 2.45. The monoisotopic (exact) mass is 373 g/mol. The molecule has 0 radical (unpaired) electrons. The van der Waals surface area contributed by atoms with Gasteiger partial charge in [-0.1, -0.05) is 18.5 Å². The van der Waals surface area contributed by atoms with Gasteiger partial charge in [-0.25, -0.2) is 8.42 Å². The fourth-order valence-electron chi connectivity index (χ4n) is 2.51. The van der Waals surface area contributed by atoms with Crippen LogP contribution in [-0.4, -0.2) is 62.8 Å². The van der Waals surface area contributed by atoms with Gasteiger partial charge in [-0.05, 0) is 43.7 Å². The maximum Gasteiger partial charge on any atom is 0.243 e. The Morgan fingerprint density at radius 2 is 1.92 bits per heavy atom. The Hall–Kier alpha value is -1.15. The van der Waals surface area contributed by atoms with Crippen LogP contribution >= 0.6 is 11.6 Å². The molecule has 1 aromatic rings. The minimum Gasteiger partial charge on any atom is -0.354 e. The zero-order valence-corrected chi connectivity index (χ0v) is 15.6. The van der Waals surface area contributed by atoms with E-state index in [2.05, 4.69) is 17.1 Å². The second-order valence-corrected chi connectivity index (χ2v) is 8.41. The van der Waals surface area contributed by atoms with E-state index in [1.807, 2.05) is 0 Å². The number of nitrogens with zero attached hydrogens (tertiary/aromatic N) is 2. The van der Waals surface area contributed by atoms with Crippen molar-refractivity contribution in [3.05, 3.63) is 29.3 Å². The summed E-state index contributed by atoms with van der Waals surface area (Å²) in [5.41, 5.74) is 0. The number of rotatable bonds is 9. The highest BCUT2D eigenvalue weighted by molar-refractivity contribution is 7.89. The molecule has 24 heavy (non-hydrogen) atoms. The van der Waals surface area contributed by atoms with Gasteiger partial charge in [-0.15, -0.1) is 0 Å². The van der Waals surface area contributed by atoms with E-state index in [4.69, 9.17) is 11.6 Å². The molecule has 0 bridgehead atoms. The van der Waals surface area contributed by atoms with E-state index in [1.54, 1.807) is 0 Å². The number of likely N-dealkylation sites (N-methyl/N-ethyl adjacent to an activating group) is 2. The largest absolute Gasteiger partial charge is 0.354 e. The summed E-state index contributed by atoms with van der Waals surface area (Å²) in [7, 11) is -2.30. The SMILES string of the molecule is CCN(CCNC(=O)CN(C)S(=O)(=O)c1ccc(Cl)cc1)C1CC1. The summed E-state index contributed by atoms with van der Waals surface area (Å²) in [6, 6.07) is 6.54. The highest BCUT2D eigenvalue weighted by Crippen LogP contribution is 2.25. The van der Waals surface area contributed by atoms with Gasteiger partial charge in [-0.2, -0.15) is 4.31 Å². The predicted molar refractivity (Wildman–Crippen MR) is 94.5 cm³/mol. The van der Waals surface area contributed by atoms with E-state index in [9.17, 15) is 13.2 Å². The number of nitrogens with one attached hydrogen (secondary N) is 1. The van der Waals surface area contributed by atoms with Gasteiger partial charge in [0.1, 0.15) is 0 Å². The maximum atomic E-state index is 12.4. The van der Waals surface area contributed by atoms with E-state index >= 15 is 0 Å². The van der Waals surface area contributed by atoms with Crippen LogP contribution in [0.3, 0.4) is 0 Å². The lowest BCUT2D eigenvalue weighted by Gasteiger charge is -2.21. The van der Waals surface area contributed by atoms with E-state index in [0.717, 1.165) is 17.4 Å². The molecule has 0 aliphatic heterocycles. The van der Waals surface area contributed by atoms with Crippen molar-refractivity contribution in [1.29, 1.82) is 0 Å². The highest BCUT2D eigenvalue weighted by atomic mass is 35.5. The first-order valence-corrected chi connectivity index (χ1v) is 9.89. The number of hydrogen-bond acceptors (Lipinski definition) is 4. The smallest absolute Gasteiger partial charge is 0.243 e. The van der Waals surface area contributed by atoms with Crippen LogP contribution in [0.5, 0.6) is 0 Å². The number of hydrogen-bond donors (Lipinski definition) is 1. The molecule has 1 aliphatic rings. The molecular weight excluding hydrogens is 350 g/mol. The molecule has 6 nitrogen and oxygen atoms in total. The molecule has 1 saturated carbocycles. The van der Waals surface area contributed by atoms with Gasteiger partial charge in [0.2, 0.25) is 15.9 Å². The molecule has 0 spiro atoms. The van der Waals surface area contributed by atoms with Crippen LogP contribution in [0, 0.1) is 0 Å². The Morgan fingerprint density at radius 3 is 2.46 bits per heavy atom. The maximum absolute atomic E-state index is 12.4. The highest BCUT2D eigenvalue weighted by Gasteiger charge is 2.27. The van der Waals surface area contributed by atoms with Crippen molar-refractivity contribution in [2.45, 2.75) is 30.7 Å². The van der Waals surface area contributed by atoms with E-state index in [-0.39, 0.29) is 17.3 Å². The van der Waals surface area contributed by atoms with Gasteiger partial charge >= 0.3 is 0 Å². The van der Waals surface area contributed by atoms with Gasteiger partial charge < -0.3 is 5.32 Å². The van der Waals surface area contributed by atoms with E-state index in [1.165, 1.54) is 44.2 Å². The minimum atomic E-state index is -3.70. The van der Waals surface area contributed by atoms with E-state index in [0.29, 0.717) is 17.6 Å². The van der Waals surface area contributed by atoms with Crippen molar-refractivity contribution in [3.8, 4) is 0 Å². The summed E-state index contributed by atoms with van der Waals surface area (Å²) >= 11 is 5.77. The first-order valence-electron chi connectivity index (χ1n) is 8.07. The zero-order valence-electron chi connectivity index (χ0n) is 14.0. The lowest BCUT2D eigenvalue weighted by Crippen LogP contribution is -2.41. The van der Waals surface area contributed by atoms with Crippen molar-refractivity contribution in [1.82, 2.24) is 14.5 Å². The lowest BCUT2D eigenvalue weighted by molar-refractivity contribution is -0.121. The summed E-state index contributed by atoms with van der Waals surface area (Å²) in [6.45, 7) is 4.18. The normalized spacial score (nSPS) is 15.0. The average Bonchev–Trinajstić information content (AvgIpc) is 3.36. The molecule has 8 heteroatoms. The first-order chi connectivity index (χ1) is 11.3. The quantitative estimate of drug-likeness (QED) is 0.713. The molecule has 0 atom stereocenters. The van der Waals surface area contributed by atoms with Gasteiger partial charge in [0.15, 0.2) is 0 Å². The molecule has 1 aromatic carbocycles. The average molecular weight is 374 g/mol. The molecule has 0 saturated heterocycles. The molecule has 0 unspecified atom stereocenters. The first kappa shape index (κ1) is 19.2. The fourth-order valence-corrected chi connectivity index (χ4v) is 3.76. The van der Waals surface area contributed by atoms with Gasteiger partial charge in [0, 0.05) is 31.2 Å². The van der Waals surface area contributed by atoms with Crippen LogP contribution in [0.25, 0.3) is 0 Å². The van der Waals surface area contributed by atoms with Gasteiger partial charge in [-0.3, -0.25) is 9.69 Å². The number of benzene rings is 1. The van der Waals surface area contributed by atoms with Crippen molar-refractivity contribution >= 4 is 27.5 Å². The molecule has 1 amide bonds. The summed E-state index contributed by atoms with van der Waals surface area (Å²) in [4.78, 5) is 14.4. The summed E-state index contributed by atoms with van der Waals surface area (Å²) in [5.74, 6) is -0.304. The third-order valence-corrected chi connectivity index (χ3v) is 6.15. The fraction of sp³-hybridized carbons (Fsp3) is 0.562. The molecule has 2 rings (SSSR count). The summed E-state index contributed by atoms with van der Waals surface area (Å²) < 4.78 is 25.8. The Morgan fingerprint density at radius 1 is 1.29 bits per heavy atom. The number of halogens is 1. The standard InChI is InChI=1S/C16H24ClN3O3S/c1-3-20(14-6-7-14)11-10-18-16(21)12-19(2)24(22,23)15-8-4-13(17)5-9-15/h4-5,8-9,14H,3,6-7,10-12H2,1-2H3,(H,18,21). The second kappa shape index (κ2) is 8.29. The third kappa shape index (κ3) is 5.17. The number of carbonyl (C=O) groups is 1. The molecule has 1 N–H and O–H groups in total. The minimum absolute atomic E-state index is 0.119. The lowest BCUT2D eigenvalue weighted by atomic mass is 10.4. The predicted octanol–water partition coefficient (Wildman–Crippen LogP) is 1.56. The second-order valence-electron chi connectivity index (χ2n) is 5.92. The Labute approximate surface area is 148 Å². The van der Waals surface area contributed by atoms with Gasteiger partial charge in [0.25, 0.3) is 0 Å². The third-order valence-electron chi connectivity index (χ3n) is 4.08. The van der Waals surface area contributed by atoms with Crippen molar-refractivity contribution < 1.29 is 13.2 Å². The van der Waals surface area contributed by atoms with Crippen LogP contribution in [0.15, 0.2) is 29.2 Å². The zero-order chi connectivity index (χ0) is 17.7. The molecule has 0 heterocycles. The van der Waals surface area contributed by atoms with Crippen LogP contribution < -0.4 is 5.32 Å². The Bertz CT molecular complexity index is 660. The number of carbonyl (C=O) groups excluding carboxylic acids is 1. The van der Waals surface area contributed by atoms with E-state index < -0.39 is 10.0 Å². The number of sulfonamides is 1. The number of amides is 1. The Balaban J connectivity index is 1.82. The Kier molecular flexibility index (Phi) is 6.62. The van der Waals surface area contributed by atoms with Crippen LogP contribution in [0.2, 0.25) is 5.02 Å². The van der Waals surface area contributed by atoms with Crippen LogP contribution in [0.4, 0.5) is 0 Å². The molecule has 1 aliphatic carbocycles. The topological polar surface area (TPSA) is 69.7 Å². The summed E-state index contributed by atoms with van der Waals surface area (Å²) in [5, 5.41) is 3.25. The van der Waals surface area contributed by atoms with Crippen molar-refractivity contribution in [2.75, 3.05) is 33.2 Å². The molecule has 134 valence electrons. The van der Waals surface area contributed by atoms with Crippen molar-refractivity contribution in [2.24, 2.45) is 0 Å². The molecule has 0 aromatic heterocycles. The molecule has 1 fully saturated rings. The van der Waals surface area contributed by atoms with Crippen LogP contribution in [-0.2, 0) is 14.8 Å². The van der Waals surface area contributed by atoms with Crippen LogP contribution in [0.1, 0.15) is 19.8 Å².